The minimum atomic E-state index is -1.03. The lowest BCUT2D eigenvalue weighted by atomic mass is 10.1. The number of hydrogen-bond donors (Lipinski definition) is 0. The van der Waals surface area contributed by atoms with Gasteiger partial charge in [0.25, 0.3) is 0 Å². The first-order chi connectivity index (χ1) is 8.69. The van der Waals surface area contributed by atoms with Gasteiger partial charge < -0.3 is 4.90 Å². The van der Waals surface area contributed by atoms with Gasteiger partial charge >= 0.3 is 0 Å². The van der Waals surface area contributed by atoms with Crippen LogP contribution >= 0.6 is 0 Å². The third kappa shape index (κ3) is 2.45. The molecule has 1 saturated carbocycles. The zero-order chi connectivity index (χ0) is 13.1. The van der Waals surface area contributed by atoms with Crippen LogP contribution in [0.15, 0.2) is 12.1 Å². The molecule has 0 aliphatic heterocycles. The smallest absolute Gasteiger partial charge is 0.183 e. The molecule has 2 nitrogen and oxygen atoms in total. The molecule has 0 N–H and O–H groups in total. The van der Waals surface area contributed by atoms with Gasteiger partial charge in [-0.3, -0.25) is 0 Å². The summed E-state index contributed by atoms with van der Waals surface area (Å²) in [5, 5.41) is 8.67. The van der Waals surface area contributed by atoms with E-state index in [1.807, 2.05) is 4.90 Å². The summed E-state index contributed by atoms with van der Waals surface area (Å²) in [5.74, 6) is -1.92. The standard InChI is InChI=1S/C14H16F2N2/c1-2-3-8-18(11-5-6-11)12-7-4-10(9-17)13(15)14(12)16/h4,7,11H,2-3,5-6,8H2,1H3. The van der Waals surface area contributed by atoms with Crippen molar-refractivity contribution in [1.82, 2.24) is 0 Å². The van der Waals surface area contributed by atoms with E-state index in [1.165, 1.54) is 12.1 Å². The summed E-state index contributed by atoms with van der Waals surface area (Å²) >= 11 is 0. The van der Waals surface area contributed by atoms with Gasteiger partial charge in [0, 0.05) is 12.6 Å². The molecule has 0 heterocycles. The minimum Gasteiger partial charge on any atom is -0.366 e. The first kappa shape index (κ1) is 12.8. The first-order valence-electron chi connectivity index (χ1n) is 6.33. The summed E-state index contributed by atoms with van der Waals surface area (Å²) in [6, 6.07) is 4.86. The number of anilines is 1. The summed E-state index contributed by atoms with van der Waals surface area (Å²) in [4.78, 5) is 1.93. The molecule has 0 unspecified atom stereocenters. The molecule has 1 fully saturated rings. The van der Waals surface area contributed by atoms with Gasteiger partial charge in [-0.1, -0.05) is 13.3 Å². The minimum absolute atomic E-state index is 0.234. The normalized spacial score (nSPS) is 14.3. The van der Waals surface area contributed by atoms with Crippen LogP contribution in [-0.2, 0) is 0 Å². The Kier molecular flexibility index (Phi) is 3.81. The van der Waals surface area contributed by atoms with Gasteiger partial charge in [-0.05, 0) is 31.4 Å². The first-order valence-corrected chi connectivity index (χ1v) is 6.33. The molecule has 0 aromatic heterocycles. The Bertz CT molecular complexity index is 475. The second kappa shape index (κ2) is 5.34. The molecule has 0 bridgehead atoms. The van der Waals surface area contributed by atoms with Crippen LogP contribution in [0, 0.1) is 23.0 Å². The van der Waals surface area contributed by atoms with Gasteiger partial charge in [0.1, 0.15) is 6.07 Å². The highest BCUT2D eigenvalue weighted by Crippen LogP contribution is 2.34. The molecule has 0 atom stereocenters. The maximum atomic E-state index is 13.9. The SMILES string of the molecule is CCCCN(c1ccc(C#N)c(F)c1F)C1CC1. The van der Waals surface area contributed by atoms with Crippen molar-refractivity contribution >= 4 is 5.69 Å². The largest absolute Gasteiger partial charge is 0.366 e. The quantitative estimate of drug-likeness (QED) is 0.798. The number of nitrogens with zero attached hydrogens (tertiary/aromatic N) is 2. The van der Waals surface area contributed by atoms with Crippen molar-refractivity contribution in [2.45, 2.75) is 38.6 Å². The van der Waals surface area contributed by atoms with E-state index in [-0.39, 0.29) is 5.56 Å². The van der Waals surface area contributed by atoms with Crippen LogP contribution in [0.5, 0.6) is 0 Å². The Hall–Kier alpha value is -1.63. The molecular weight excluding hydrogens is 234 g/mol. The lowest BCUT2D eigenvalue weighted by molar-refractivity contribution is 0.502. The lowest BCUT2D eigenvalue weighted by Gasteiger charge is -2.25. The molecule has 0 spiro atoms. The van der Waals surface area contributed by atoms with Crippen LogP contribution in [0.1, 0.15) is 38.2 Å². The van der Waals surface area contributed by atoms with Gasteiger partial charge in [-0.2, -0.15) is 5.26 Å². The van der Waals surface area contributed by atoms with E-state index < -0.39 is 11.6 Å². The van der Waals surface area contributed by atoms with Gasteiger partial charge in [0.15, 0.2) is 11.6 Å². The lowest BCUT2D eigenvalue weighted by Crippen LogP contribution is -2.28. The highest BCUT2D eigenvalue weighted by atomic mass is 19.2. The predicted octanol–water partition coefficient (Wildman–Crippen LogP) is 3.61. The van der Waals surface area contributed by atoms with E-state index in [0.29, 0.717) is 11.7 Å². The number of halogens is 2. The average Bonchev–Trinajstić information content (AvgIpc) is 3.19. The highest BCUT2D eigenvalue weighted by Gasteiger charge is 2.31. The van der Waals surface area contributed by atoms with Gasteiger partial charge in [-0.25, -0.2) is 8.78 Å². The number of benzene rings is 1. The van der Waals surface area contributed by atoms with Crippen molar-refractivity contribution in [2.75, 3.05) is 11.4 Å². The molecule has 4 heteroatoms. The van der Waals surface area contributed by atoms with E-state index in [1.54, 1.807) is 6.07 Å². The molecule has 0 amide bonds. The maximum absolute atomic E-state index is 13.9. The number of unbranched alkanes of at least 4 members (excludes halogenated alkanes) is 1. The van der Waals surface area contributed by atoms with Crippen LogP contribution in [0.2, 0.25) is 0 Å². The van der Waals surface area contributed by atoms with E-state index in [9.17, 15) is 8.78 Å². The van der Waals surface area contributed by atoms with Crippen LogP contribution in [0.25, 0.3) is 0 Å². The second-order valence-electron chi connectivity index (χ2n) is 4.65. The van der Waals surface area contributed by atoms with Crippen LogP contribution < -0.4 is 4.90 Å². The number of nitriles is 1. The summed E-state index contributed by atoms with van der Waals surface area (Å²) in [7, 11) is 0. The summed E-state index contributed by atoms with van der Waals surface area (Å²) in [6.45, 7) is 2.81. The molecule has 18 heavy (non-hydrogen) atoms. The third-order valence-electron chi connectivity index (χ3n) is 3.23. The van der Waals surface area contributed by atoms with Gasteiger partial charge in [0.05, 0.1) is 11.3 Å². The Balaban J connectivity index is 2.30. The summed E-state index contributed by atoms with van der Waals surface area (Å²) in [5.41, 5.74) is 0.0601. The number of rotatable bonds is 5. The molecule has 1 aromatic rings. The van der Waals surface area contributed by atoms with Gasteiger partial charge in [-0.15, -0.1) is 0 Å². The third-order valence-corrected chi connectivity index (χ3v) is 3.23. The fourth-order valence-corrected chi connectivity index (χ4v) is 2.06. The van der Waals surface area contributed by atoms with Crippen LogP contribution in [0.3, 0.4) is 0 Å². The zero-order valence-corrected chi connectivity index (χ0v) is 10.4. The summed E-state index contributed by atoms with van der Waals surface area (Å²) in [6.07, 6.45) is 4.04. The monoisotopic (exact) mass is 250 g/mol. The van der Waals surface area contributed by atoms with Crippen molar-refractivity contribution in [3.05, 3.63) is 29.3 Å². The molecule has 2 rings (SSSR count). The average molecular weight is 250 g/mol. The maximum Gasteiger partial charge on any atom is 0.183 e. The molecular formula is C14H16F2N2. The zero-order valence-electron chi connectivity index (χ0n) is 10.4. The predicted molar refractivity (Wildman–Crippen MR) is 66.3 cm³/mol. The van der Waals surface area contributed by atoms with Crippen LogP contribution in [-0.4, -0.2) is 12.6 Å². The Labute approximate surface area is 106 Å². The Morgan fingerprint density at radius 3 is 2.61 bits per heavy atom. The van der Waals surface area contributed by atoms with Gasteiger partial charge in [0.2, 0.25) is 0 Å². The van der Waals surface area contributed by atoms with Crippen molar-refractivity contribution in [3.63, 3.8) is 0 Å². The van der Waals surface area contributed by atoms with Crippen molar-refractivity contribution in [3.8, 4) is 6.07 Å². The molecule has 96 valence electrons. The van der Waals surface area contributed by atoms with Crippen molar-refractivity contribution in [1.29, 1.82) is 5.26 Å². The van der Waals surface area contributed by atoms with E-state index in [2.05, 4.69) is 6.92 Å². The van der Waals surface area contributed by atoms with Crippen molar-refractivity contribution < 1.29 is 8.78 Å². The fourth-order valence-electron chi connectivity index (χ4n) is 2.06. The summed E-state index contributed by atoms with van der Waals surface area (Å²) < 4.78 is 27.6. The Morgan fingerprint density at radius 1 is 1.33 bits per heavy atom. The molecule has 0 radical (unpaired) electrons. The molecule has 0 saturated heterocycles. The van der Waals surface area contributed by atoms with E-state index >= 15 is 0 Å². The molecule has 1 aromatic carbocycles. The number of hydrogen-bond acceptors (Lipinski definition) is 2. The van der Waals surface area contributed by atoms with Crippen LogP contribution in [0.4, 0.5) is 14.5 Å². The molecule has 1 aliphatic rings. The highest BCUT2D eigenvalue weighted by molar-refractivity contribution is 5.53. The fraction of sp³-hybridized carbons (Fsp3) is 0.500. The molecule has 1 aliphatic carbocycles. The van der Waals surface area contributed by atoms with Crippen molar-refractivity contribution in [2.24, 2.45) is 0 Å². The Morgan fingerprint density at radius 2 is 2.06 bits per heavy atom. The van der Waals surface area contributed by atoms with E-state index in [0.717, 1.165) is 32.2 Å². The topological polar surface area (TPSA) is 27.0 Å². The van der Waals surface area contributed by atoms with E-state index in [4.69, 9.17) is 5.26 Å². The second-order valence-corrected chi connectivity index (χ2v) is 4.65.